The molecule has 0 aliphatic rings. The molecule has 8 nitrogen and oxygen atoms in total. The lowest BCUT2D eigenvalue weighted by molar-refractivity contribution is -0.137. The van der Waals surface area contributed by atoms with E-state index in [-0.39, 0.29) is 30.0 Å². The van der Waals surface area contributed by atoms with Crippen LogP contribution in [-0.2, 0) is 24.0 Å². The highest BCUT2D eigenvalue weighted by atomic mass is 19.4. The monoisotopic (exact) mass is 572 g/mol. The molecular formula is C28H25F5N6O2. The van der Waals surface area contributed by atoms with Crippen LogP contribution in [0.1, 0.15) is 27.0 Å². The number of anilines is 2. The number of ether oxygens (including phenoxy) is 1. The topological polar surface area (TPSA) is 101 Å². The second-order valence-electron chi connectivity index (χ2n) is 8.81. The molecule has 1 amide bonds. The minimum Gasteiger partial charge on any atom is -0.383 e. The summed E-state index contributed by atoms with van der Waals surface area (Å²) < 4.78 is 71.6. The van der Waals surface area contributed by atoms with E-state index in [9.17, 15) is 26.7 Å². The predicted octanol–water partition coefficient (Wildman–Crippen LogP) is 5.44. The summed E-state index contributed by atoms with van der Waals surface area (Å²) in [7, 11) is 1.60. The van der Waals surface area contributed by atoms with Gasteiger partial charge in [0.15, 0.2) is 11.6 Å². The molecule has 0 spiro atoms. The summed E-state index contributed by atoms with van der Waals surface area (Å²) in [6, 6.07) is 10.9. The molecular weight excluding hydrogens is 547 g/mol. The van der Waals surface area contributed by atoms with E-state index in [0.717, 1.165) is 23.3 Å². The standard InChI is InChI=1S/C28H25F5N6O2/c1-41-9-8-34-25-16-35-24(15-36-25)19-5-2-17(3-6-19)12-37-26-21(11-20(14-38-26)28(31,32)33)27(40)39-13-18-4-7-22(29)23(30)10-18/h2-7,10-11,14-16H,8-9,12-13H2,1H3,(H,34,36)(H,37,38)(H,39,40). The van der Waals surface area contributed by atoms with Gasteiger partial charge in [0, 0.05) is 38.5 Å². The lowest BCUT2D eigenvalue weighted by Gasteiger charge is -2.15. The lowest BCUT2D eigenvalue weighted by Crippen LogP contribution is -2.25. The van der Waals surface area contributed by atoms with E-state index in [4.69, 9.17) is 4.74 Å². The normalized spacial score (nSPS) is 11.3. The number of alkyl halides is 3. The van der Waals surface area contributed by atoms with Gasteiger partial charge in [0.25, 0.3) is 5.91 Å². The van der Waals surface area contributed by atoms with Crippen molar-refractivity contribution in [3.63, 3.8) is 0 Å². The summed E-state index contributed by atoms with van der Waals surface area (Å²) in [6.45, 7) is 1.04. The first-order valence-corrected chi connectivity index (χ1v) is 12.3. The second kappa shape index (κ2) is 13.1. The number of carbonyl (C=O) groups excluding carboxylic acids is 1. The molecule has 0 fully saturated rings. The fourth-order valence-corrected chi connectivity index (χ4v) is 3.69. The van der Waals surface area contributed by atoms with Crippen LogP contribution in [-0.4, -0.2) is 41.1 Å². The van der Waals surface area contributed by atoms with Gasteiger partial charge in [-0.05, 0) is 29.3 Å². The van der Waals surface area contributed by atoms with Gasteiger partial charge in [-0.3, -0.25) is 9.78 Å². The third-order valence-electron chi connectivity index (χ3n) is 5.87. The van der Waals surface area contributed by atoms with E-state index in [2.05, 4.69) is 30.9 Å². The van der Waals surface area contributed by atoms with Gasteiger partial charge in [0.05, 0.1) is 35.8 Å². The van der Waals surface area contributed by atoms with Gasteiger partial charge in [-0.25, -0.2) is 18.7 Å². The van der Waals surface area contributed by atoms with Gasteiger partial charge >= 0.3 is 6.18 Å². The van der Waals surface area contributed by atoms with Crippen molar-refractivity contribution in [1.29, 1.82) is 0 Å². The summed E-state index contributed by atoms with van der Waals surface area (Å²) in [5, 5.41) is 8.40. The van der Waals surface area contributed by atoms with Crippen LogP contribution in [0.5, 0.6) is 0 Å². The number of pyridine rings is 1. The number of hydrogen-bond donors (Lipinski definition) is 3. The Kier molecular flexibility index (Phi) is 9.40. The van der Waals surface area contributed by atoms with Gasteiger partial charge in [0.1, 0.15) is 11.6 Å². The molecule has 0 aliphatic heterocycles. The third-order valence-corrected chi connectivity index (χ3v) is 5.87. The third kappa shape index (κ3) is 7.94. The molecule has 13 heteroatoms. The highest BCUT2D eigenvalue weighted by Crippen LogP contribution is 2.31. The minimum absolute atomic E-state index is 0.0766. The van der Waals surface area contributed by atoms with Crippen LogP contribution in [0.25, 0.3) is 11.3 Å². The van der Waals surface area contributed by atoms with E-state index in [1.54, 1.807) is 31.6 Å². The van der Waals surface area contributed by atoms with Gasteiger partial charge in [-0.2, -0.15) is 13.2 Å². The number of nitrogens with one attached hydrogen (secondary N) is 3. The number of carbonyl (C=O) groups is 1. The fourth-order valence-electron chi connectivity index (χ4n) is 3.69. The number of hydrogen-bond acceptors (Lipinski definition) is 7. The molecule has 41 heavy (non-hydrogen) atoms. The van der Waals surface area contributed by atoms with Crippen LogP contribution in [0.4, 0.5) is 33.6 Å². The van der Waals surface area contributed by atoms with Crippen molar-refractivity contribution in [3.05, 3.63) is 101 Å². The highest BCUT2D eigenvalue weighted by Gasteiger charge is 2.32. The van der Waals surface area contributed by atoms with Crippen LogP contribution in [0.15, 0.2) is 67.1 Å². The molecule has 0 radical (unpaired) electrons. The van der Waals surface area contributed by atoms with Crippen molar-refractivity contribution < 1.29 is 31.5 Å². The Morgan fingerprint density at radius 1 is 0.854 bits per heavy atom. The molecule has 3 N–H and O–H groups in total. The van der Waals surface area contributed by atoms with Crippen molar-refractivity contribution >= 4 is 17.5 Å². The lowest BCUT2D eigenvalue weighted by atomic mass is 10.1. The number of rotatable bonds is 11. The molecule has 0 aliphatic carbocycles. The number of methoxy groups -OCH3 is 1. The summed E-state index contributed by atoms with van der Waals surface area (Å²) in [5.74, 6) is -2.50. The van der Waals surface area contributed by atoms with Crippen molar-refractivity contribution in [2.24, 2.45) is 0 Å². The van der Waals surface area contributed by atoms with Gasteiger partial charge in [-0.15, -0.1) is 0 Å². The fraction of sp³-hybridized carbons (Fsp3) is 0.214. The molecule has 0 bridgehead atoms. The number of amides is 1. The summed E-state index contributed by atoms with van der Waals surface area (Å²) in [4.78, 5) is 25.4. The van der Waals surface area contributed by atoms with Crippen LogP contribution in [0.3, 0.4) is 0 Å². The smallest absolute Gasteiger partial charge is 0.383 e. The van der Waals surface area contributed by atoms with E-state index >= 15 is 0 Å². The maximum Gasteiger partial charge on any atom is 0.417 e. The van der Waals surface area contributed by atoms with Gasteiger partial charge < -0.3 is 20.7 Å². The van der Waals surface area contributed by atoms with Crippen LogP contribution in [0, 0.1) is 11.6 Å². The molecule has 2 aromatic heterocycles. The molecule has 0 unspecified atom stereocenters. The van der Waals surface area contributed by atoms with Crippen molar-refractivity contribution in [3.8, 4) is 11.3 Å². The molecule has 0 atom stereocenters. The van der Waals surface area contributed by atoms with E-state index in [1.807, 2.05) is 12.1 Å². The summed E-state index contributed by atoms with van der Waals surface area (Å²) >= 11 is 0. The number of halogens is 5. The van der Waals surface area contributed by atoms with Crippen LogP contribution < -0.4 is 16.0 Å². The van der Waals surface area contributed by atoms with E-state index in [0.29, 0.717) is 36.9 Å². The van der Waals surface area contributed by atoms with Crippen molar-refractivity contribution in [2.45, 2.75) is 19.3 Å². The number of aromatic nitrogens is 3. The molecule has 4 aromatic rings. The number of nitrogens with zero attached hydrogens (tertiary/aromatic N) is 3. The molecule has 4 rings (SSSR count). The Morgan fingerprint density at radius 3 is 2.27 bits per heavy atom. The Hall–Kier alpha value is -4.65. The van der Waals surface area contributed by atoms with E-state index < -0.39 is 29.3 Å². The first kappa shape index (κ1) is 29.3. The van der Waals surface area contributed by atoms with Crippen molar-refractivity contribution in [1.82, 2.24) is 20.3 Å². The maximum absolute atomic E-state index is 13.5. The first-order chi connectivity index (χ1) is 19.6. The average molecular weight is 573 g/mol. The quantitative estimate of drug-likeness (QED) is 0.163. The molecule has 214 valence electrons. The number of benzene rings is 2. The highest BCUT2D eigenvalue weighted by molar-refractivity contribution is 5.98. The Bertz CT molecular complexity index is 1480. The second-order valence-corrected chi connectivity index (χ2v) is 8.81. The zero-order valence-electron chi connectivity index (χ0n) is 21.7. The average Bonchev–Trinajstić information content (AvgIpc) is 2.97. The van der Waals surface area contributed by atoms with Crippen LogP contribution in [0.2, 0.25) is 0 Å². The predicted molar refractivity (Wildman–Crippen MR) is 142 cm³/mol. The Balaban J connectivity index is 1.44. The maximum atomic E-state index is 13.5. The summed E-state index contributed by atoms with van der Waals surface area (Å²) in [5.41, 5.74) is 0.976. The molecule has 0 saturated heterocycles. The minimum atomic E-state index is -4.72. The van der Waals surface area contributed by atoms with E-state index in [1.165, 1.54) is 6.07 Å². The first-order valence-electron chi connectivity index (χ1n) is 12.3. The Labute approximate surface area is 232 Å². The van der Waals surface area contributed by atoms with Gasteiger partial charge in [-0.1, -0.05) is 30.3 Å². The Morgan fingerprint density at radius 2 is 1.61 bits per heavy atom. The zero-order chi connectivity index (χ0) is 29.4. The molecule has 2 heterocycles. The largest absolute Gasteiger partial charge is 0.417 e. The zero-order valence-corrected chi connectivity index (χ0v) is 21.7. The summed E-state index contributed by atoms with van der Waals surface area (Å²) in [6.07, 6.45) is -0.864. The van der Waals surface area contributed by atoms with Crippen LogP contribution >= 0.6 is 0 Å². The van der Waals surface area contributed by atoms with Crippen molar-refractivity contribution in [2.75, 3.05) is 30.9 Å². The molecule has 0 saturated carbocycles. The molecule has 2 aromatic carbocycles. The SMILES string of the molecule is COCCNc1cnc(-c2ccc(CNc3ncc(C(F)(F)F)cc3C(=O)NCc3ccc(F)c(F)c3)cc2)cn1. The van der Waals surface area contributed by atoms with Gasteiger partial charge in [0.2, 0.25) is 0 Å².